The first-order chi connectivity index (χ1) is 19.0. The number of piperidine rings is 1. The maximum atomic E-state index is 13.1. The number of hydrogen-bond acceptors (Lipinski definition) is 6. The van der Waals surface area contributed by atoms with Crippen LogP contribution in [-0.2, 0) is 19.6 Å². The van der Waals surface area contributed by atoms with Gasteiger partial charge < -0.3 is 20.4 Å². The molecule has 40 heavy (non-hydrogen) atoms. The molecule has 216 valence electrons. The van der Waals surface area contributed by atoms with E-state index in [1.54, 1.807) is 35.2 Å². The Balaban J connectivity index is 1.28. The minimum absolute atomic E-state index is 0.162. The number of benzene rings is 1. The van der Waals surface area contributed by atoms with Crippen LogP contribution in [-0.4, -0.2) is 74.3 Å². The van der Waals surface area contributed by atoms with Crippen LogP contribution in [0.4, 0.5) is 10.5 Å². The molecule has 2 aliphatic heterocycles. The number of amides is 4. The van der Waals surface area contributed by atoms with Crippen LogP contribution in [0.15, 0.2) is 35.7 Å². The molecule has 4 rings (SSSR count). The van der Waals surface area contributed by atoms with Crippen LogP contribution >= 0.6 is 46.1 Å². The number of likely N-dealkylation sites (tertiary alicyclic amines) is 2. The number of urea groups is 1. The summed E-state index contributed by atoms with van der Waals surface area (Å²) in [5.74, 6) is -0.693. The first-order valence-corrected chi connectivity index (χ1v) is 16.0. The lowest BCUT2D eigenvalue weighted by atomic mass is 10.1. The van der Waals surface area contributed by atoms with Crippen molar-refractivity contribution in [1.29, 1.82) is 0 Å². The Kier molecular flexibility index (Phi) is 10.4. The summed E-state index contributed by atoms with van der Waals surface area (Å²) in [5.41, 5.74) is 0.439. The van der Waals surface area contributed by atoms with Crippen molar-refractivity contribution >= 4 is 85.8 Å². The van der Waals surface area contributed by atoms with E-state index in [1.807, 2.05) is 0 Å². The molecule has 0 unspecified atom stereocenters. The van der Waals surface area contributed by atoms with Crippen molar-refractivity contribution in [3.8, 4) is 0 Å². The van der Waals surface area contributed by atoms with E-state index in [4.69, 9.17) is 34.8 Å². The topological polar surface area (TPSA) is 128 Å². The van der Waals surface area contributed by atoms with Gasteiger partial charge in [0.2, 0.25) is 21.8 Å². The summed E-state index contributed by atoms with van der Waals surface area (Å²) in [5, 5.41) is 7.21. The molecule has 15 heteroatoms. The molecule has 0 aliphatic carbocycles. The highest BCUT2D eigenvalue weighted by atomic mass is 35.5. The number of rotatable bonds is 9. The van der Waals surface area contributed by atoms with Crippen LogP contribution in [0.3, 0.4) is 0 Å². The van der Waals surface area contributed by atoms with Gasteiger partial charge in [-0.25, -0.2) is 13.2 Å². The summed E-state index contributed by atoms with van der Waals surface area (Å²) < 4.78 is 28.1. The number of carbonyl (C=O) groups excluding carboxylic acids is 3. The minimum Gasteiger partial charge on any atom is -0.336 e. The van der Waals surface area contributed by atoms with Crippen molar-refractivity contribution < 1.29 is 22.8 Å². The molecule has 0 radical (unpaired) electrons. The van der Waals surface area contributed by atoms with Gasteiger partial charge in [0.05, 0.1) is 10.9 Å². The molecule has 10 nitrogen and oxygen atoms in total. The Morgan fingerprint density at radius 1 is 1.05 bits per heavy atom. The number of hydrogen-bond donors (Lipinski definition) is 3. The number of sulfonamides is 1. The van der Waals surface area contributed by atoms with Gasteiger partial charge in [0.25, 0.3) is 0 Å². The van der Waals surface area contributed by atoms with Crippen molar-refractivity contribution in [2.75, 3.05) is 31.5 Å². The first-order valence-electron chi connectivity index (χ1n) is 12.5. The van der Waals surface area contributed by atoms with E-state index in [2.05, 4.69) is 15.4 Å². The summed E-state index contributed by atoms with van der Waals surface area (Å²) in [6, 6.07) is 6.40. The van der Waals surface area contributed by atoms with E-state index in [-0.39, 0.29) is 25.0 Å². The predicted octanol–water partition coefficient (Wildman–Crippen LogP) is 4.40. The van der Waals surface area contributed by atoms with Crippen molar-refractivity contribution in [2.24, 2.45) is 0 Å². The zero-order valence-electron chi connectivity index (χ0n) is 21.2. The molecule has 1 aromatic heterocycles. The fraction of sp³-hybridized carbons (Fsp3) is 0.400. The lowest BCUT2D eigenvalue weighted by molar-refractivity contribution is -0.143. The molecular formula is C25H28Cl3N5O5S2. The second kappa shape index (κ2) is 13.5. The predicted molar refractivity (Wildman–Crippen MR) is 158 cm³/mol. The van der Waals surface area contributed by atoms with E-state index in [0.717, 1.165) is 11.8 Å². The Labute approximate surface area is 251 Å². The molecular weight excluding hydrogens is 621 g/mol. The molecule has 4 amide bonds. The molecule has 0 bridgehead atoms. The van der Waals surface area contributed by atoms with Crippen LogP contribution in [0.2, 0.25) is 14.4 Å². The number of carbonyl (C=O) groups is 3. The lowest BCUT2D eigenvalue weighted by Crippen LogP contribution is -2.55. The van der Waals surface area contributed by atoms with Gasteiger partial charge in [0.15, 0.2) is 0 Å². The average Bonchev–Trinajstić information content (AvgIpc) is 3.52. The quantitative estimate of drug-likeness (QED) is 0.372. The van der Waals surface area contributed by atoms with Gasteiger partial charge in [-0.05, 0) is 62.1 Å². The van der Waals surface area contributed by atoms with Crippen molar-refractivity contribution in [2.45, 2.75) is 37.8 Å². The van der Waals surface area contributed by atoms with Gasteiger partial charge >= 0.3 is 6.03 Å². The van der Waals surface area contributed by atoms with E-state index in [1.165, 1.54) is 22.3 Å². The van der Waals surface area contributed by atoms with E-state index >= 15 is 0 Å². The number of thiophene rings is 1. The molecule has 2 aliphatic rings. The fourth-order valence-electron chi connectivity index (χ4n) is 4.66. The zero-order chi connectivity index (χ0) is 28.9. The highest BCUT2D eigenvalue weighted by Crippen LogP contribution is 2.24. The molecule has 2 fully saturated rings. The maximum absolute atomic E-state index is 13.1. The molecule has 1 aromatic carbocycles. The Morgan fingerprint density at radius 2 is 1.77 bits per heavy atom. The average molecular weight is 649 g/mol. The van der Waals surface area contributed by atoms with E-state index in [9.17, 15) is 22.8 Å². The molecule has 0 spiro atoms. The normalized spacial score (nSPS) is 19.8. The fourth-order valence-corrected chi connectivity index (χ4v) is 7.26. The second-order valence-corrected chi connectivity index (χ2v) is 13.7. The number of nitrogens with zero attached hydrogens (tertiary/aromatic N) is 2. The third-order valence-electron chi connectivity index (χ3n) is 6.48. The summed E-state index contributed by atoms with van der Waals surface area (Å²) in [4.78, 5) is 42.3. The monoisotopic (exact) mass is 647 g/mol. The molecule has 2 aromatic rings. The number of halogens is 3. The molecule has 2 atom stereocenters. The Morgan fingerprint density at radius 3 is 2.48 bits per heavy atom. The Hall–Kier alpha value is -2.35. The van der Waals surface area contributed by atoms with Gasteiger partial charge in [-0.1, -0.05) is 34.8 Å². The van der Waals surface area contributed by atoms with Gasteiger partial charge in [0, 0.05) is 51.7 Å². The smallest absolute Gasteiger partial charge is 0.319 e. The minimum atomic E-state index is -3.89. The van der Waals surface area contributed by atoms with Gasteiger partial charge in [-0.3, -0.25) is 9.59 Å². The largest absolute Gasteiger partial charge is 0.336 e. The lowest BCUT2D eigenvalue weighted by Gasteiger charge is -2.34. The number of anilines is 1. The zero-order valence-corrected chi connectivity index (χ0v) is 25.1. The first kappa shape index (κ1) is 30.6. The molecule has 0 saturated carbocycles. The van der Waals surface area contributed by atoms with Crippen LogP contribution < -0.4 is 15.4 Å². The van der Waals surface area contributed by atoms with Gasteiger partial charge in [-0.2, -0.15) is 4.72 Å². The number of nitrogens with one attached hydrogen (secondary N) is 3. The van der Waals surface area contributed by atoms with Crippen molar-refractivity contribution in [1.82, 2.24) is 19.8 Å². The summed E-state index contributed by atoms with van der Waals surface area (Å²) in [6.45, 7) is 0.925. The van der Waals surface area contributed by atoms with Crippen LogP contribution in [0, 0.1) is 0 Å². The molecule has 3 heterocycles. The maximum Gasteiger partial charge on any atom is 0.319 e. The molecule has 3 N–H and O–H groups in total. The van der Waals surface area contributed by atoms with Crippen molar-refractivity contribution in [3.63, 3.8) is 0 Å². The molecule has 2 saturated heterocycles. The van der Waals surface area contributed by atoms with Gasteiger partial charge in [-0.15, -0.1) is 11.3 Å². The van der Waals surface area contributed by atoms with Gasteiger partial charge in [0.1, 0.15) is 6.04 Å². The van der Waals surface area contributed by atoms with Crippen molar-refractivity contribution in [3.05, 3.63) is 55.0 Å². The third-order valence-corrected chi connectivity index (χ3v) is 9.23. The third kappa shape index (κ3) is 8.58. The van der Waals surface area contributed by atoms with Crippen LogP contribution in [0.25, 0.3) is 6.08 Å². The van der Waals surface area contributed by atoms with E-state index in [0.29, 0.717) is 57.3 Å². The summed E-state index contributed by atoms with van der Waals surface area (Å²) in [7, 11) is -3.89. The SMILES string of the molecule is O=C(NC[C@H]1CCCN1C(=O)CN1CCC[C@H](NS(=O)(=O)C=Cc2ccc(Cl)s2)C1=O)Nc1cc(Cl)cc(Cl)c1. The second-order valence-electron chi connectivity index (χ2n) is 9.44. The Bertz CT molecular complexity index is 1380. The highest BCUT2D eigenvalue weighted by Gasteiger charge is 2.35. The van der Waals surface area contributed by atoms with Crippen LogP contribution in [0.5, 0.6) is 0 Å². The van der Waals surface area contributed by atoms with E-state index < -0.39 is 28.0 Å². The highest BCUT2D eigenvalue weighted by molar-refractivity contribution is 7.92. The summed E-state index contributed by atoms with van der Waals surface area (Å²) >= 11 is 19.0. The standard InChI is InChI=1S/C25H28Cl3N5O5S2/c26-16-11-17(27)13-18(12-16)30-25(36)29-14-19-3-1-9-33(19)23(34)15-32-8-2-4-21(24(32)35)31-40(37,38)10-7-20-5-6-22(28)39-20/h5-7,10-13,19,21,31H,1-4,8-9,14-15H2,(H2,29,30,36)/t19-,21+/m1/s1. The van der Waals surface area contributed by atoms with Crippen LogP contribution in [0.1, 0.15) is 30.6 Å². The summed E-state index contributed by atoms with van der Waals surface area (Å²) in [6.07, 6.45) is 3.77.